The summed E-state index contributed by atoms with van der Waals surface area (Å²) >= 11 is 0. The average molecular weight is 234 g/mol. The maximum atomic E-state index is 11.8. The van der Waals surface area contributed by atoms with Crippen LogP contribution in [0, 0.1) is 13.8 Å². The van der Waals surface area contributed by atoms with Crippen LogP contribution in [-0.4, -0.2) is 25.8 Å². The third-order valence-electron chi connectivity index (χ3n) is 3.04. The van der Waals surface area contributed by atoms with Gasteiger partial charge >= 0.3 is 6.09 Å². The summed E-state index contributed by atoms with van der Waals surface area (Å²) in [5, 5.41) is 3.31. The van der Waals surface area contributed by atoms with Crippen LogP contribution in [0.5, 0.6) is 0 Å². The lowest BCUT2D eigenvalue weighted by Crippen LogP contribution is -2.39. The molecule has 1 heterocycles. The molecule has 0 unspecified atom stereocenters. The van der Waals surface area contributed by atoms with Crippen molar-refractivity contribution in [1.29, 1.82) is 0 Å². The fraction of sp³-hybridized carbons (Fsp3) is 0.462. The smallest absolute Gasteiger partial charge is 0.414 e. The van der Waals surface area contributed by atoms with E-state index in [2.05, 4.69) is 18.3 Å². The molecule has 1 aromatic rings. The highest BCUT2D eigenvalue weighted by molar-refractivity contribution is 5.93. The third-order valence-corrected chi connectivity index (χ3v) is 3.04. The van der Waals surface area contributed by atoms with Crippen LogP contribution in [0.25, 0.3) is 0 Å². The summed E-state index contributed by atoms with van der Waals surface area (Å²) in [5.74, 6) is 0. The van der Waals surface area contributed by atoms with Gasteiger partial charge in [0.05, 0.1) is 18.0 Å². The zero-order valence-electron chi connectivity index (χ0n) is 10.5. The quantitative estimate of drug-likeness (QED) is 0.812. The Hall–Kier alpha value is -1.71. The number of carbonyl (C=O) groups is 1. The number of carbonyl (C=O) groups excluding carboxylic acids is 1. The van der Waals surface area contributed by atoms with E-state index in [1.165, 1.54) is 11.1 Å². The van der Waals surface area contributed by atoms with E-state index in [0.717, 1.165) is 17.9 Å². The number of ether oxygens (including phenoxy) is 1. The molecule has 0 fully saturated rings. The Balaban J connectivity index is 2.37. The zero-order chi connectivity index (χ0) is 12.4. The minimum absolute atomic E-state index is 0.265. The van der Waals surface area contributed by atoms with E-state index in [1.807, 2.05) is 19.9 Å². The zero-order valence-corrected chi connectivity index (χ0v) is 10.5. The molecule has 1 N–H and O–H groups in total. The summed E-state index contributed by atoms with van der Waals surface area (Å²) in [6.07, 6.45) is -0.265. The summed E-state index contributed by atoms with van der Waals surface area (Å²) in [4.78, 5) is 13.5. The molecule has 1 amide bonds. The van der Waals surface area contributed by atoms with E-state index < -0.39 is 0 Å². The second kappa shape index (κ2) is 4.65. The Labute approximate surface area is 102 Å². The highest BCUT2D eigenvalue weighted by Gasteiger charge is 2.23. The topological polar surface area (TPSA) is 41.6 Å². The minimum atomic E-state index is -0.265. The first-order valence-corrected chi connectivity index (χ1v) is 5.93. The predicted molar refractivity (Wildman–Crippen MR) is 68.8 cm³/mol. The number of benzene rings is 1. The van der Waals surface area contributed by atoms with E-state index in [9.17, 15) is 4.79 Å². The van der Waals surface area contributed by atoms with Gasteiger partial charge in [0, 0.05) is 13.1 Å². The predicted octanol–water partition coefficient (Wildman–Crippen LogP) is 2.69. The summed E-state index contributed by atoms with van der Waals surface area (Å²) < 4.78 is 5.07. The van der Waals surface area contributed by atoms with E-state index in [4.69, 9.17) is 4.74 Å². The fourth-order valence-corrected chi connectivity index (χ4v) is 1.98. The molecule has 1 aliphatic rings. The molecule has 0 spiro atoms. The number of anilines is 2. The van der Waals surface area contributed by atoms with Crippen LogP contribution in [0.15, 0.2) is 12.1 Å². The summed E-state index contributed by atoms with van der Waals surface area (Å²) in [6.45, 7) is 7.75. The number of nitrogens with zero attached hydrogens (tertiary/aromatic N) is 1. The molecule has 0 saturated carbocycles. The van der Waals surface area contributed by atoms with Crippen LogP contribution < -0.4 is 10.2 Å². The summed E-state index contributed by atoms with van der Waals surface area (Å²) in [7, 11) is 0. The van der Waals surface area contributed by atoms with Gasteiger partial charge in [-0.15, -0.1) is 0 Å². The Morgan fingerprint density at radius 3 is 2.82 bits per heavy atom. The molecule has 4 heteroatoms. The Bertz CT molecular complexity index is 443. The van der Waals surface area contributed by atoms with Gasteiger partial charge in [0.1, 0.15) is 0 Å². The van der Waals surface area contributed by atoms with E-state index in [0.29, 0.717) is 13.2 Å². The standard InChI is InChI=1S/C13H18N2O2/c1-4-17-13(16)15-6-5-14-11-7-9(2)10(3)8-12(11)15/h7-8,14H,4-6H2,1-3H3. The number of rotatable bonds is 1. The number of amides is 1. The molecule has 0 bridgehead atoms. The van der Waals surface area contributed by atoms with Gasteiger partial charge in [-0.05, 0) is 44.0 Å². The van der Waals surface area contributed by atoms with Crippen molar-refractivity contribution in [2.24, 2.45) is 0 Å². The van der Waals surface area contributed by atoms with E-state index >= 15 is 0 Å². The number of nitrogens with one attached hydrogen (secondary N) is 1. The molecule has 17 heavy (non-hydrogen) atoms. The average Bonchev–Trinajstić information content (AvgIpc) is 2.30. The number of hydrogen-bond acceptors (Lipinski definition) is 3. The molecular weight excluding hydrogens is 216 g/mol. The lowest BCUT2D eigenvalue weighted by Gasteiger charge is -2.30. The summed E-state index contributed by atoms with van der Waals surface area (Å²) in [6, 6.07) is 4.11. The van der Waals surface area contributed by atoms with Crippen LogP contribution in [0.3, 0.4) is 0 Å². The van der Waals surface area contributed by atoms with Crippen molar-refractivity contribution in [3.8, 4) is 0 Å². The SMILES string of the molecule is CCOC(=O)N1CCNc2cc(C)c(C)cc21. The van der Waals surface area contributed by atoms with E-state index in [-0.39, 0.29) is 6.09 Å². The van der Waals surface area contributed by atoms with Crippen molar-refractivity contribution >= 4 is 17.5 Å². The van der Waals surface area contributed by atoms with Gasteiger partial charge in [0.25, 0.3) is 0 Å². The van der Waals surface area contributed by atoms with Crippen LogP contribution in [0.4, 0.5) is 16.2 Å². The molecule has 0 radical (unpaired) electrons. The Morgan fingerprint density at radius 1 is 1.41 bits per heavy atom. The first-order chi connectivity index (χ1) is 8.13. The second-order valence-corrected chi connectivity index (χ2v) is 4.23. The Morgan fingerprint density at radius 2 is 2.12 bits per heavy atom. The molecule has 92 valence electrons. The van der Waals surface area contributed by atoms with Crippen LogP contribution in [0.2, 0.25) is 0 Å². The number of fused-ring (bicyclic) bond motifs is 1. The molecule has 1 aliphatic heterocycles. The highest BCUT2D eigenvalue weighted by atomic mass is 16.6. The second-order valence-electron chi connectivity index (χ2n) is 4.23. The molecule has 1 aromatic carbocycles. The largest absolute Gasteiger partial charge is 0.449 e. The number of hydrogen-bond donors (Lipinski definition) is 1. The monoisotopic (exact) mass is 234 g/mol. The first kappa shape index (κ1) is 11.8. The molecule has 0 aliphatic carbocycles. The van der Waals surface area contributed by atoms with Crippen molar-refractivity contribution in [1.82, 2.24) is 0 Å². The number of aryl methyl sites for hydroxylation is 2. The van der Waals surface area contributed by atoms with Crippen molar-refractivity contribution in [3.05, 3.63) is 23.3 Å². The lowest BCUT2D eigenvalue weighted by atomic mass is 10.1. The molecule has 0 atom stereocenters. The molecule has 4 nitrogen and oxygen atoms in total. The highest BCUT2D eigenvalue weighted by Crippen LogP contribution is 2.32. The van der Waals surface area contributed by atoms with Gasteiger partial charge in [-0.3, -0.25) is 4.90 Å². The summed E-state index contributed by atoms with van der Waals surface area (Å²) in [5.41, 5.74) is 4.33. The third kappa shape index (κ3) is 2.20. The normalized spacial score (nSPS) is 13.9. The van der Waals surface area contributed by atoms with Crippen molar-refractivity contribution in [3.63, 3.8) is 0 Å². The maximum absolute atomic E-state index is 11.8. The van der Waals surface area contributed by atoms with E-state index in [1.54, 1.807) is 4.90 Å². The molecule has 0 aromatic heterocycles. The van der Waals surface area contributed by atoms with Crippen molar-refractivity contribution in [2.75, 3.05) is 29.9 Å². The lowest BCUT2D eigenvalue weighted by molar-refractivity contribution is 0.160. The fourth-order valence-electron chi connectivity index (χ4n) is 1.98. The van der Waals surface area contributed by atoms with Gasteiger partial charge in [-0.1, -0.05) is 0 Å². The van der Waals surface area contributed by atoms with Gasteiger partial charge < -0.3 is 10.1 Å². The first-order valence-electron chi connectivity index (χ1n) is 5.93. The Kier molecular flexibility index (Phi) is 3.22. The van der Waals surface area contributed by atoms with Gasteiger partial charge in [0.15, 0.2) is 0 Å². The molecular formula is C13H18N2O2. The molecule has 0 saturated heterocycles. The van der Waals surface area contributed by atoms with Gasteiger partial charge in [-0.25, -0.2) is 4.79 Å². The van der Waals surface area contributed by atoms with Crippen LogP contribution >= 0.6 is 0 Å². The van der Waals surface area contributed by atoms with Crippen LogP contribution in [0.1, 0.15) is 18.1 Å². The maximum Gasteiger partial charge on any atom is 0.414 e. The van der Waals surface area contributed by atoms with Crippen LogP contribution in [-0.2, 0) is 4.74 Å². The van der Waals surface area contributed by atoms with Gasteiger partial charge in [-0.2, -0.15) is 0 Å². The minimum Gasteiger partial charge on any atom is -0.449 e. The van der Waals surface area contributed by atoms with Crippen molar-refractivity contribution in [2.45, 2.75) is 20.8 Å². The van der Waals surface area contributed by atoms with Crippen molar-refractivity contribution < 1.29 is 9.53 Å². The molecule has 2 rings (SSSR count). The van der Waals surface area contributed by atoms with Gasteiger partial charge in [0.2, 0.25) is 0 Å².